The van der Waals surface area contributed by atoms with E-state index < -0.39 is 0 Å². The molecule has 1 aliphatic carbocycles. The maximum absolute atomic E-state index is 12.4. The average Bonchev–Trinajstić information content (AvgIpc) is 2.54. The number of rotatable bonds is 6. The maximum atomic E-state index is 12.4. The third kappa shape index (κ3) is 4.53. The van der Waals surface area contributed by atoms with Gasteiger partial charge in [-0.3, -0.25) is 9.78 Å². The molecule has 4 heteroatoms. The second-order valence-electron chi connectivity index (χ2n) is 6.33. The van der Waals surface area contributed by atoms with Gasteiger partial charge in [-0.15, -0.1) is 0 Å². The minimum atomic E-state index is 0.0502. The van der Waals surface area contributed by atoms with Crippen LogP contribution in [0.4, 0.5) is 0 Å². The Balaban J connectivity index is 1.84. The van der Waals surface area contributed by atoms with Crippen molar-refractivity contribution >= 4 is 5.91 Å². The van der Waals surface area contributed by atoms with Crippen LogP contribution >= 0.6 is 0 Å². The van der Waals surface area contributed by atoms with Gasteiger partial charge < -0.3 is 10.6 Å². The fraction of sp³-hybridized carbons (Fsp3) is 0.647. The summed E-state index contributed by atoms with van der Waals surface area (Å²) in [6.07, 6.45) is 9.10. The van der Waals surface area contributed by atoms with E-state index in [-0.39, 0.29) is 11.3 Å². The molecule has 116 valence electrons. The van der Waals surface area contributed by atoms with Crippen LogP contribution in [0.15, 0.2) is 24.4 Å². The highest BCUT2D eigenvalue weighted by molar-refractivity contribution is 5.76. The summed E-state index contributed by atoms with van der Waals surface area (Å²) in [4.78, 5) is 18.6. The fourth-order valence-electron chi connectivity index (χ4n) is 3.16. The van der Waals surface area contributed by atoms with E-state index in [1.807, 2.05) is 30.1 Å². The van der Waals surface area contributed by atoms with Crippen LogP contribution in [-0.4, -0.2) is 35.9 Å². The summed E-state index contributed by atoms with van der Waals surface area (Å²) in [5, 5.41) is 0. The van der Waals surface area contributed by atoms with Crippen LogP contribution in [0.2, 0.25) is 0 Å². The Bertz CT molecular complexity index is 441. The largest absolute Gasteiger partial charge is 0.345 e. The van der Waals surface area contributed by atoms with Crippen LogP contribution in [0.25, 0.3) is 0 Å². The number of nitrogens with two attached hydrogens (primary N) is 1. The molecular weight excluding hydrogens is 262 g/mol. The number of aromatic nitrogens is 1. The van der Waals surface area contributed by atoms with Crippen molar-refractivity contribution in [2.75, 3.05) is 20.1 Å². The van der Waals surface area contributed by atoms with Crippen LogP contribution in [-0.2, 0) is 11.2 Å². The van der Waals surface area contributed by atoms with Gasteiger partial charge in [0.25, 0.3) is 0 Å². The van der Waals surface area contributed by atoms with E-state index in [9.17, 15) is 4.79 Å². The molecule has 1 amide bonds. The molecule has 1 aromatic rings. The molecule has 0 aliphatic heterocycles. The second-order valence-corrected chi connectivity index (χ2v) is 6.33. The van der Waals surface area contributed by atoms with Crippen LogP contribution < -0.4 is 5.73 Å². The van der Waals surface area contributed by atoms with E-state index in [1.54, 1.807) is 6.20 Å². The van der Waals surface area contributed by atoms with Gasteiger partial charge in [0.2, 0.25) is 5.91 Å². The Morgan fingerprint density at radius 2 is 2.10 bits per heavy atom. The number of carbonyl (C=O) groups excluding carboxylic acids is 1. The molecule has 0 atom stereocenters. The van der Waals surface area contributed by atoms with E-state index in [1.165, 1.54) is 19.3 Å². The Kier molecular flexibility index (Phi) is 5.74. The molecule has 0 spiro atoms. The molecule has 0 bridgehead atoms. The summed E-state index contributed by atoms with van der Waals surface area (Å²) < 4.78 is 0. The lowest BCUT2D eigenvalue weighted by Crippen LogP contribution is -2.39. The summed E-state index contributed by atoms with van der Waals surface area (Å²) in [5.41, 5.74) is 7.05. The molecular formula is C17H27N3O. The van der Waals surface area contributed by atoms with Crippen LogP contribution in [0, 0.1) is 5.41 Å². The van der Waals surface area contributed by atoms with Gasteiger partial charge in [0.05, 0.1) is 0 Å². The second kappa shape index (κ2) is 7.55. The van der Waals surface area contributed by atoms with Crippen LogP contribution in [0.3, 0.4) is 0 Å². The molecule has 0 aromatic carbocycles. The molecule has 0 unspecified atom stereocenters. The van der Waals surface area contributed by atoms with Gasteiger partial charge in [-0.1, -0.05) is 25.3 Å². The van der Waals surface area contributed by atoms with Gasteiger partial charge in [0.15, 0.2) is 0 Å². The lowest BCUT2D eigenvalue weighted by atomic mass is 9.71. The van der Waals surface area contributed by atoms with Crippen molar-refractivity contribution in [2.24, 2.45) is 11.1 Å². The first-order valence-corrected chi connectivity index (χ1v) is 7.99. The van der Waals surface area contributed by atoms with Crippen molar-refractivity contribution in [3.05, 3.63) is 30.1 Å². The minimum absolute atomic E-state index is 0.0502. The zero-order valence-electron chi connectivity index (χ0n) is 13.1. The summed E-state index contributed by atoms with van der Waals surface area (Å²) in [7, 11) is 1.89. The van der Waals surface area contributed by atoms with Gasteiger partial charge in [-0.05, 0) is 36.9 Å². The first-order valence-electron chi connectivity index (χ1n) is 7.99. The summed E-state index contributed by atoms with van der Waals surface area (Å²) in [6, 6.07) is 5.89. The molecule has 1 aromatic heterocycles. The Hall–Kier alpha value is -1.42. The molecule has 0 saturated heterocycles. The van der Waals surface area contributed by atoms with E-state index in [0.717, 1.165) is 31.5 Å². The SMILES string of the molecule is CN(CCc1ccccn1)C(=O)CC1(CN)CCCCC1. The van der Waals surface area contributed by atoms with E-state index in [2.05, 4.69) is 4.98 Å². The fourth-order valence-corrected chi connectivity index (χ4v) is 3.16. The van der Waals surface area contributed by atoms with Crippen LogP contribution in [0.1, 0.15) is 44.2 Å². The van der Waals surface area contributed by atoms with Crippen molar-refractivity contribution in [1.82, 2.24) is 9.88 Å². The highest BCUT2D eigenvalue weighted by Crippen LogP contribution is 2.38. The van der Waals surface area contributed by atoms with Crippen molar-refractivity contribution in [3.63, 3.8) is 0 Å². The molecule has 1 heterocycles. The Morgan fingerprint density at radius 3 is 2.71 bits per heavy atom. The highest BCUT2D eigenvalue weighted by atomic mass is 16.2. The lowest BCUT2D eigenvalue weighted by molar-refractivity contribution is -0.132. The first-order chi connectivity index (χ1) is 10.2. The molecule has 21 heavy (non-hydrogen) atoms. The number of carbonyl (C=O) groups is 1. The normalized spacial score (nSPS) is 17.4. The number of hydrogen-bond acceptors (Lipinski definition) is 3. The van der Waals surface area contributed by atoms with Gasteiger partial charge in [0, 0.05) is 38.3 Å². The average molecular weight is 289 g/mol. The van der Waals surface area contributed by atoms with Gasteiger partial charge >= 0.3 is 0 Å². The summed E-state index contributed by atoms with van der Waals surface area (Å²) in [5.74, 6) is 0.221. The monoisotopic (exact) mass is 289 g/mol. The third-order valence-corrected chi connectivity index (χ3v) is 4.73. The van der Waals surface area contributed by atoms with E-state index in [0.29, 0.717) is 13.0 Å². The molecule has 4 nitrogen and oxygen atoms in total. The molecule has 0 radical (unpaired) electrons. The van der Waals surface area contributed by atoms with Gasteiger partial charge in [-0.2, -0.15) is 0 Å². The number of hydrogen-bond donors (Lipinski definition) is 1. The van der Waals surface area contributed by atoms with Gasteiger partial charge in [0.1, 0.15) is 0 Å². The van der Waals surface area contributed by atoms with Crippen molar-refractivity contribution in [2.45, 2.75) is 44.9 Å². The number of likely N-dealkylation sites (N-methyl/N-ethyl adjacent to an activating group) is 1. The molecule has 1 saturated carbocycles. The Labute approximate surface area is 127 Å². The minimum Gasteiger partial charge on any atom is -0.345 e. The Morgan fingerprint density at radius 1 is 1.33 bits per heavy atom. The van der Waals surface area contributed by atoms with Gasteiger partial charge in [-0.25, -0.2) is 0 Å². The zero-order valence-corrected chi connectivity index (χ0v) is 13.1. The molecule has 2 rings (SSSR count). The molecule has 2 N–H and O–H groups in total. The predicted octanol–water partition coefficient (Wildman–Crippen LogP) is 2.38. The maximum Gasteiger partial charge on any atom is 0.222 e. The third-order valence-electron chi connectivity index (χ3n) is 4.73. The van der Waals surface area contributed by atoms with E-state index in [4.69, 9.17) is 5.73 Å². The topological polar surface area (TPSA) is 59.2 Å². The predicted molar refractivity (Wildman–Crippen MR) is 84.8 cm³/mol. The highest BCUT2D eigenvalue weighted by Gasteiger charge is 2.33. The lowest BCUT2D eigenvalue weighted by Gasteiger charge is -2.36. The molecule has 1 aliphatic rings. The van der Waals surface area contributed by atoms with E-state index >= 15 is 0 Å². The summed E-state index contributed by atoms with van der Waals surface area (Å²) >= 11 is 0. The number of nitrogens with zero attached hydrogens (tertiary/aromatic N) is 2. The quantitative estimate of drug-likeness (QED) is 0.874. The number of pyridine rings is 1. The van der Waals surface area contributed by atoms with Crippen molar-refractivity contribution < 1.29 is 4.79 Å². The molecule has 1 fully saturated rings. The zero-order chi connectivity index (χ0) is 15.1. The van der Waals surface area contributed by atoms with Crippen molar-refractivity contribution in [3.8, 4) is 0 Å². The first kappa shape index (κ1) is 16.0. The smallest absolute Gasteiger partial charge is 0.222 e. The standard InChI is InChI=1S/C17H27N3O/c1-20(12-8-15-7-3-6-11-19-15)16(21)13-17(14-18)9-4-2-5-10-17/h3,6-7,11H,2,4-5,8-10,12-14,18H2,1H3. The number of amides is 1. The van der Waals surface area contributed by atoms with Crippen LogP contribution in [0.5, 0.6) is 0 Å². The summed E-state index contributed by atoms with van der Waals surface area (Å²) in [6.45, 7) is 1.35. The van der Waals surface area contributed by atoms with Crippen molar-refractivity contribution in [1.29, 1.82) is 0 Å².